The molecule has 1 amide bonds. The fourth-order valence-electron chi connectivity index (χ4n) is 4.95. The van der Waals surface area contributed by atoms with Gasteiger partial charge in [0.15, 0.2) is 0 Å². The van der Waals surface area contributed by atoms with Crippen LogP contribution in [0.3, 0.4) is 0 Å². The fourth-order valence-corrected chi connectivity index (χ4v) is 4.95. The number of aryl methyl sites for hydroxylation is 1. The Morgan fingerprint density at radius 1 is 0.900 bits per heavy atom. The number of likely N-dealkylation sites (tertiary alicyclic amines) is 1. The first kappa shape index (κ1) is 25.5. The number of benzene rings is 2. The van der Waals surface area contributed by atoms with Gasteiger partial charge in [0, 0.05) is 49.5 Å². The molecule has 0 unspecified atom stereocenters. The van der Waals surface area contributed by atoms with E-state index in [1.165, 1.54) is 0 Å². The number of amides is 1. The number of imidazole rings is 1. The van der Waals surface area contributed by atoms with Crippen LogP contribution in [-0.2, 0) is 7.05 Å². The van der Waals surface area contributed by atoms with E-state index in [9.17, 15) is 4.79 Å². The topological polar surface area (TPSA) is 97.2 Å². The lowest BCUT2D eigenvalue weighted by Gasteiger charge is -2.29. The van der Waals surface area contributed by atoms with Gasteiger partial charge in [0.1, 0.15) is 17.2 Å². The summed E-state index contributed by atoms with van der Waals surface area (Å²) < 4.78 is 8.12. The number of carbonyl (C=O) groups excluding carboxylic acids is 1. The van der Waals surface area contributed by atoms with Crippen molar-refractivity contribution in [1.29, 1.82) is 0 Å². The molecule has 1 aliphatic heterocycles. The summed E-state index contributed by atoms with van der Waals surface area (Å²) in [6, 6.07) is 21.5. The van der Waals surface area contributed by atoms with Gasteiger partial charge < -0.3 is 24.8 Å². The zero-order chi connectivity index (χ0) is 27.5. The van der Waals surface area contributed by atoms with Gasteiger partial charge in [-0.15, -0.1) is 0 Å². The van der Waals surface area contributed by atoms with Crippen molar-refractivity contribution in [3.8, 4) is 22.6 Å². The Morgan fingerprint density at radius 2 is 1.70 bits per heavy atom. The summed E-state index contributed by atoms with van der Waals surface area (Å²) in [5, 5.41) is 6.54. The molecule has 1 fully saturated rings. The van der Waals surface area contributed by atoms with E-state index >= 15 is 0 Å². The molecule has 2 N–H and O–H groups in total. The van der Waals surface area contributed by atoms with Crippen LogP contribution in [0.4, 0.5) is 11.6 Å². The number of rotatable bonds is 7. The summed E-state index contributed by atoms with van der Waals surface area (Å²) in [6.07, 6.45) is 7.06. The third-order valence-electron chi connectivity index (χ3n) is 7.24. The number of pyridine rings is 2. The summed E-state index contributed by atoms with van der Waals surface area (Å²) in [7, 11) is 4.08. The smallest absolute Gasteiger partial charge is 0.270 e. The van der Waals surface area contributed by atoms with Crippen molar-refractivity contribution >= 4 is 28.6 Å². The molecule has 0 saturated carbocycles. The predicted octanol–water partition coefficient (Wildman–Crippen LogP) is 5.39. The first-order valence-electron chi connectivity index (χ1n) is 13.4. The molecule has 9 nitrogen and oxygen atoms in total. The monoisotopic (exact) mass is 533 g/mol. The molecule has 6 rings (SSSR count). The van der Waals surface area contributed by atoms with Crippen LogP contribution in [0.25, 0.3) is 22.2 Å². The van der Waals surface area contributed by atoms with E-state index in [4.69, 9.17) is 9.72 Å². The van der Waals surface area contributed by atoms with Gasteiger partial charge >= 0.3 is 0 Å². The van der Waals surface area contributed by atoms with Crippen molar-refractivity contribution in [2.75, 3.05) is 25.5 Å². The number of fused-ring (bicyclic) bond motifs is 1. The highest BCUT2D eigenvalue weighted by Crippen LogP contribution is 2.29. The van der Waals surface area contributed by atoms with Crippen molar-refractivity contribution in [3.63, 3.8) is 0 Å². The first-order chi connectivity index (χ1) is 19.5. The molecular weight excluding hydrogens is 502 g/mol. The summed E-state index contributed by atoms with van der Waals surface area (Å²) >= 11 is 0. The van der Waals surface area contributed by atoms with Gasteiger partial charge in [-0.3, -0.25) is 14.8 Å². The summed E-state index contributed by atoms with van der Waals surface area (Å²) in [5.41, 5.74) is 5.24. The second kappa shape index (κ2) is 11.2. The van der Waals surface area contributed by atoms with E-state index in [-0.39, 0.29) is 11.9 Å². The Kier molecular flexibility index (Phi) is 7.11. The zero-order valence-electron chi connectivity index (χ0n) is 22.5. The van der Waals surface area contributed by atoms with Crippen molar-refractivity contribution in [2.24, 2.45) is 7.05 Å². The third-order valence-corrected chi connectivity index (χ3v) is 7.24. The van der Waals surface area contributed by atoms with Crippen LogP contribution >= 0.6 is 0 Å². The molecule has 1 aliphatic rings. The number of nitrogens with zero attached hydrogens (tertiary/aromatic N) is 5. The molecule has 0 spiro atoms. The molecule has 4 heterocycles. The van der Waals surface area contributed by atoms with Crippen LogP contribution in [0.2, 0.25) is 0 Å². The highest BCUT2D eigenvalue weighted by Gasteiger charge is 2.20. The molecular formula is C31H31N7O2. The zero-order valence-corrected chi connectivity index (χ0v) is 22.5. The molecule has 0 radical (unpaired) electrons. The number of anilines is 2. The largest absolute Gasteiger partial charge is 0.457 e. The van der Waals surface area contributed by atoms with E-state index in [0.717, 1.165) is 59.7 Å². The normalized spacial score (nSPS) is 14.2. The van der Waals surface area contributed by atoms with Gasteiger partial charge in [0.2, 0.25) is 5.95 Å². The van der Waals surface area contributed by atoms with Crippen molar-refractivity contribution in [3.05, 3.63) is 91.0 Å². The average molecular weight is 534 g/mol. The van der Waals surface area contributed by atoms with Crippen molar-refractivity contribution in [1.82, 2.24) is 29.7 Å². The second-order valence-corrected chi connectivity index (χ2v) is 10.1. The van der Waals surface area contributed by atoms with Gasteiger partial charge in [-0.05, 0) is 86.6 Å². The second-order valence-electron chi connectivity index (χ2n) is 10.1. The van der Waals surface area contributed by atoms with Crippen molar-refractivity contribution in [2.45, 2.75) is 18.9 Å². The number of hydrogen-bond acceptors (Lipinski definition) is 7. The highest BCUT2D eigenvalue weighted by atomic mass is 16.5. The van der Waals surface area contributed by atoms with E-state index in [0.29, 0.717) is 17.2 Å². The lowest BCUT2D eigenvalue weighted by Crippen LogP contribution is -2.43. The maximum Gasteiger partial charge on any atom is 0.270 e. The summed E-state index contributed by atoms with van der Waals surface area (Å²) in [5.74, 6) is 1.72. The van der Waals surface area contributed by atoms with Crippen LogP contribution in [0.5, 0.6) is 11.5 Å². The number of nitrogens with one attached hydrogen (secondary N) is 2. The molecule has 9 heteroatoms. The number of aromatic nitrogens is 4. The van der Waals surface area contributed by atoms with E-state index in [1.807, 2.05) is 54.1 Å². The minimum atomic E-state index is -0.177. The molecule has 2 aromatic carbocycles. The standard InChI is InChI=1S/C31H31N7O2/c1-37-16-11-23(12-17-37)34-30(39)28-20-26(10-15-33-28)40-25-6-7-29-27(19-25)36-31(38(29)2)35-24-5-3-4-22(18-24)21-8-13-32-14-9-21/h3-10,13-15,18-20,23H,11-12,16-17H2,1-2H3,(H,34,39)(H,35,36). The molecule has 5 aromatic rings. The van der Waals surface area contributed by atoms with Crippen LogP contribution < -0.4 is 15.4 Å². The van der Waals surface area contributed by atoms with Gasteiger partial charge in [-0.1, -0.05) is 12.1 Å². The molecule has 202 valence electrons. The Labute approximate surface area is 232 Å². The van der Waals surface area contributed by atoms with Crippen LogP contribution in [-0.4, -0.2) is 56.5 Å². The Hall–Kier alpha value is -4.76. The number of carbonyl (C=O) groups is 1. The number of ether oxygens (including phenoxy) is 1. The van der Waals surface area contributed by atoms with Crippen LogP contribution in [0.15, 0.2) is 85.3 Å². The fraction of sp³-hybridized carbons (Fsp3) is 0.226. The van der Waals surface area contributed by atoms with Gasteiger partial charge in [0.05, 0.1) is 11.0 Å². The predicted molar refractivity (Wildman–Crippen MR) is 156 cm³/mol. The Bertz CT molecular complexity index is 1640. The molecule has 40 heavy (non-hydrogen) atoms. The minimum absolute atomic E-state index is 0.169. The number of hydrogen-bond donors (Lipinski definition) is 2. The quantitative estimate of drug-likeness (QED) is 0.290. The maximum atomic E-state index is 12.8. The van der Waals surface area contributed by atoms with Gasteiger partial charge in [-0.25, -0.2) is 4.98 Å². The summed E-state index contributed by atoms with van der Waals surface area (Å²) in [6.45, 7) is 1.96. The lowest BCUT2D eigenvalue weighted by atomic mass is 10.1. The molecule has 0 atom stereocenters. The van der Waals surface area contributed by atoms with E-state index in [1.54, 1.807) is 30.7 Å². The SMILES string of the molecule is CN1CCC(NC(=O)c2cc(Oc3ccc4c(c3)nc(Nc3cccc(-c5ccncc5)c3)n4C)ccn2)CC1. The number of piperidine rings is 1. The highest BCUT2D eigenvalue weighted by molar-refractivity contribution is 5.92. The Morgan fingerprint density at radius 3 is 2.52 bits per heavy atom. The minimum Gasteiger partial charge on any atom is -0.457 e. The summed E-state index contributed by atoms with van der Waals surface area (Å²) in [4.78, 5) is 28.2. The third kappa shape index (κ3) is 5.64. The molecule has 0 aliphatic carbocycles. The molecule has 0 bridgehead atoms. The maximum absolute atomic E-state index is 12.8. The van der Waals surface area contributed by atoms with Gasteiger partial charge in [-0.2, -0.15) is 0 Å². The first-order valence-corrected chi connectivity index (χ1v) is 13.4. The van der Waals surface area contributed by atoms with E-state index in [2.05, 4.69) is 44.7 Å². The lowest BCUT2D eigenvalue weighted by molar-refractivity contribution is 0.0911. The van der Waals surface area contributed by atoms with Crippen LogP contribution in [0.1, 0.15) is 23.3 Å². The Balaban J connectivity index is 1.16. The van der Waals surface area contributed by atoms with Crippen molar-refractivity contribution < 1.29 is 9.53 Å². The van der Waals surface area contributed by atoms with Gasteiger partial charge in [0.25, 0.3) is 5.91 Å². The van der Waals surface area contributed by atoms with E-state index < -0.39 is 0 Å². The van der Waals surface area contributed by atoms with Crippen LogP contribution in [0, 0.1) is 0 Å². The molecule has 1 saturated heterocycles. The molecule has 3 aromatic heterocycles. The average Bonchev–Trinajstić information content (AvgIpc) is 3.29.